The van der Waals surface area contributed by atoms with Crippen molar-refractivity contribution in [3.63, 3.8) is 0 Å². The SMILES string of the molecule is Cc1ncnc(NC2CCNC2)c1F. The highest BCUT2D eigenvalue weighted by Gasteiger charge is 2.16. The lowest BCUT2D eigenvalue weighted by molar-refractivity contribution is 0.600. The molecule has 1 saturated heterocycles. The zero-order valence-corrected chi connectivity index (χ0v) is 8.05. The number of anilines is 1. The van der Waals surface area contributed by atoms with Crippen molar-refractivity contribution in [2.45, 2.75) is 19.4 Å². The lowest BCUT2D eigenvalue weighted by atomic mass is 10.2. The lowest BCUT2D eigenvalue weighted by Crippen LogP contribution is -2.23. The maximum atomic E-state index is 13.4. The fraction of sp³-hybridized carbons (Fsp3) is 0.556. The molecule has 2 N–H and O–H groups in total. The molecule has 14 heavy (non-hydrogen) atoms. The summed E-state index contributed by atoms with van der Waals surface area (Å²) < 4.78 is 13.4. The van der Waals surface area contributed by atoms with Crippen LogP contribution < -0.4 is 10.6 Å². The van der Waals surface area contributed by atoms with Gasteiger partial charge < -0.3 is 10.6 Å². The van der Waals surface area contributed by atoms with E-state index in [0.29, 0.717) is 11.5 Å². The van der Waals surface area contributed by atoms with Crippen LogP contribution in [0.3, 0.4) is 0 Å². The molecule has 0 spiro atoms. The number of hydrogen-bond donors (Lipinski definition) is 2. The van der Waals surface area contributed by atoms with E-state index in [-0.39, 0.29) is 11.9 Å². The van der Waals surface area contributed by atoms with Crippen molar-refractivity contribution in [3.8, 4) is 0 Å². The molecule has 0 amide bonds. The van der Waals surface area contributed by atoms with Crippen molar-refractivity contribution < 1.29 is 4.39 Å². The Balaban J connectivity index is 2.11. The average Bonchev–Trinajstić information content (AvgIpc) is 2.66. The van der Waals surface area contributed by atoms with E-state index in [1.807, 2.05) is 0 Å². The minimum absolute atomic E-state index is 0.277. The second-order valence-corrected chi connectivity index (χ2v) is 3.46. The average molecular weight is 196 g/mol. The fourth-order valence-corrected chi connectivity index (χ4v) is 1.53. The molecule has 0 bridgehead atoms. The summed E-state index contributed by atoms with van der Waals surface area (Å²) in [4.78, 5) is 7.65. The van der Waals surface area contributed by atoms with Gasteiger partial charge in [0.1, 0.15) is 6.33 Å². The Bertz CT molecular complexity index is 323. The normalized spacial score (nSPS) is 21.1. The van der Waals surface area contributed by atoms with Gasteiger partial charge in [0.25, 0.3) is 0 Å². The van der Waals surface area contributed by atoms with Crippen LogP contribution in [0.25, 0.3) is 0 Å². The van der Waals surface area contributed by atoms with Gasteiger partial charge >= 0.3 is 0 Å². The van der Waals surface area contributed by atoms with Crippen molar-refractivity contribution in [2.24, 2.45) is 0 Å². The predicted molar refractivity (Wildman–Crippen MR) is 51.6 cm³/mol. The Labute approximate surface area is 82.0 Å². The van der Waals surface area contributed by atoms with Gasteiger partial charge in [0.15, 0.2) is 11.6 Å². The molecular weight excluding hydrogens is 183 g/mol. The molecule has 0 radical (unpaired) electrons. The van der Waals surface area contributed by atoms with Crippen molar-refractivity contribution in [1.82, 2.24) is 15.3 Å². The predicted octanol–water partition coefficient (Wildman–Crippen LogP) is 0.698. The molecule has 1 aliphatic heterocycles. The lowest BCUT2D eigenvalue weighted by Gasteiger charge is -2.12. The molecule has 0 aliphatic carbocycles. The van der Waals surface area contributed by atoms with Crippen LogP contribution in [-0.4, -0.2) is 29.1 Å². The van der Waals surface area contributed by atoms with Crippen LogP contribution in [0.4, 0.5) is 10.2 Å². The summed E-state index contributed by atoms with van der Waals surface area (Å²) in [5, 5.41) is 6.26. The van der Waals surface area contributed by atoms with Gasteiger partial charge in [-0.25, -0.2) is 14.4 Å². The number of hydrogen-bond acceptors (Lipinski definition) is 4. The highest BCUT2D eigenvalue weighted by atomic mass is 19.1. The minimum atomic E-state index is -0.348. The quantitative estimate of drug-likeness (QED) is 0.731. The first-order valence-electron chi connectivity index (χ1n) is 4.71. The zero-order chi connectivity index (χ0) is 9.97. The Morgan fingerprint density at radius 2 is 2.43 bits per heavy atom. The van der Waals surface area contributed by atoms with Gasteiger partial charge in [-0.05, 0) is 19.9 Å². The smallest absolute Gasteiger partial charge is 0.186 e. The van der Waals surface area contributed by atoms with Gasteiger partial charge in [0.05, 0.1) is 5.69 Å². The van der Waals surface area contributed by atoms with E-state index in [1.165, 1.54) is 6.33 Å². The van der Waals surface area contributed by atoms with Crippen LogP contribution in [0.1, 0.15) is 12.1 Å². The molecule has 5 heteroatoms. The zero-order valence-electron chi connectivity index (χ0n) is 8.05. The van der Waals surface area contributed by atoms with Crippen molar-refractivity contribution in [1.29, 1.82) is 0 Å². The number of nitrogens with zero attached hydrogens (tertiary/aromatic N) is 2. The molecule has 1 aromatic rings. The van der Waals surface area contributed by atoms with Gasteiger partial charge in [-0.1, -0.05) is 0 Å². The topological polar surface area (TPSA) is 49.8 Å². The summed E-state index contributed by atoms with van der Waals surface area (Å²) in [7, 11) is 0. The number of halogens is 1. The Hall–Kier alpha value is -1.23. The Morgan fingerprint density at radius 1 is 1.57 bits per heavy atom. The van der Waals surface area contributed by atoms with Gasteiger partial charge in [-0.2, -0.15) is 0 Å². The molecule has 2 rings (SSSR count). The van der Waals surface area contributed by atoms with Gasteiger partial charge in [-0.3, -0.25) is 0 Å². The van der Waals surface area contributed by atoms with E-state index in [1.54, 1.807) is 6.92 Å². The number of aryl methyl sites for hydroxylation is 1. The summed E-state index contributed by atoms with van der Waals surface area (Å²) in [6.07, 6.45) is 2.38. The largest absolute Gasteiger partial charge is 0.363 e. The Morgan fingerprint density at radius 3 is 3.14 bits per heavy atom. The maximum Gasteiger partial charge on any atom is 0.186 e. The van der Waals surface area contributed by atoms with Crippen molar-refractivity contribution in [3.05, 3.63) is 17.8 Å². The van der Waals surface area contributed by atoms with Crippen LogP contribution in [0, 0.1) is 12.7 Å². The number of nitrogens with one attached hydrogen (secondary N) is 2. The van der Waals surface area contributed by atoms with Gasteiger partial charge in [-0.15, -0.1) is 0 Å². The van der Waals surface area contributed by atoms with Crippen molar-refractivity contribution >= 4 is 5.82 Å². The first-order chi connectivity index (χ1) is 6.77. The molecule has 1 atom stereocenters. The van der Waals surface area contributed by atoms with Crippen LogP contribution in [0.15, 0.2) is 6.33 Å². The monoisotopic (exact) mass is 196 g/mol. The van der Waals surface area contributed by atoms with Crippen LogP contribution in [0.2, 0.25) is 0 Å². The van der Waals surface area contributed by atoms with Crippen LogP contribution in [-0.2, 0) is 0 Å². The molecule has 2 heterocycles. The van der Waals surface area contributed by atoms with Crippen LogP contribution >= 0.6 is 0 Å². The van der Waals surface area contributed by atoms with E-state index in [0.717, 1.165) is 19.5 Å². The fourth-order valence-electron chi connectivity index (χ4n) is 1.53. The van der Waals surface area contributed by atoms with E-state index >= 15 is 0 Å². The third-order valence-corrected chi connectivity index (χ3v) is 2.36. The first-order valence-corrected chi connectivity index (χ1v) is 4.71. The first kappa shape index (κ1) is 9.33. The second kappa shape index (κ2) is 3.88. The highest BCUT2D eigenvalue weighted by molar-refractivity contribution is 5.38. The summed E-state index contributed by atoms with van der Waals surface area (Å²) in [6, 6.07) is 0.277. The summed E-state index contributed by atoms with van der Waals surface area (Å²) in [6.45, 7) is 3.47. The van der Waals surface area contributed by atoms with E-state index in [4.69, 9.17) is 0 Å². The van der Waals surface area contributed by atoms with Crippen LogP contribution in [0.5, 0.6) is 0 Å². The van der Waals surface area contributed by atoms with E-state index < -0.39 is 0 Å². The molecule has 0 aromatic carbocycles. The molecular formula is C9H13FN4. The molecule has 0 saturated carbocycles. The number of aromatic nitrogens is 2. The molecule has 4 nitrogen and oxygen atoms in total. The molecule has 1 aromatic heterocycles. The number of rotatable bonds is 2. The highest BCUT2D eigenvalue weighted by Crippen LogP contribution is 2.14. The summed E-state index contributed by atoms with van der Waals surface area (Å²) in [5.74, 6) is -0.0365. The molecule has 1 aliphatic rings. The van der Waals surface area contributed by atoms with Crippen molar-refractivity contribution in [2.75, 3.05) is 18.4 Å². The minimum Gasteiger partial charge on any atom is -0.363 e. The van der Waals surface area contributed by atoms with Gasteiger partial charge in [0, 0.05) is 12.6 Å². The third-order valence-electron chi connectivity index (χ3n) is 2.36. The van der Waals surface area contributed by atoms with E-state index in [9.17, 15) is 4.39 Å². The summed E-state index contributed by atoms with van der Waals surface area (Å²) >= 11 is 0. The maximum absolute atomic E-state index is 13.4. The molecule has 1 fully saturated rings. The second-order valence-electron chi connectivity index (χ2n) is 3.46. The molecule has 76 valence electrons. The third kappa shape index (κ3) is 1.82. The summed E-state index contributed by atoms with van der Waals surface area (Å²) in [5.41, 5.74) is 0.383. The van der Waals surface area contributed by atoms with Gasteiger partial charge in [0.2, 0.25) is 0 Å². The standard InChI is InChI=1S/C9H13FN4/c1-6-8(10)9(13-5-12-6)14-7-2-3-11-4-7/h5,7,11H,2-4H2,1H3,(H,12,13,14). The molecule has 1 unspecified atom stereocenters. The van der Waals surface area contributed by atoms with E-state index in [2.05, 4.69) is 20.6 Å². The Kier molecular flexibility index (Phi) is 2.58.